The average molecular weight is 281 g/mol. The first-order valence-corrected chi connectivity index (χ1v) is 6.09. The fourth-order valence-corrected chi connectivity index (χ4v) is 2.15. The topological polar surface area (TPSA) is 110 Å². The van der Waals surface area contributed by atoms with Crippen LogP contribution in [0, 0.1) is 11.3 Å². The Morgan fingerprint density at radius 2 is 2.24 bits per heavy atom. The highest BCUT2D eigenvalue weighted by Crippen LogP contribution is 2.26. The predicted molar refractivity (Wildman–Crippen MR) is 77.4 cm³/mol. The Labute approximate surface area is 119 Å². The number of fused-ring (bicyclic) bond motifs is 1. The van der Waals surface area contributed by atoms with Gasteiger partial charge in [0.05, 0.1) is 24.5 Å². The second-order valence-electron chi connectivity index (χ2n) is 4.40. The van der Waals surface area contributed by atoms with E-state index in [2.05, 4.69) is 10.1 Å². The molecule has 3 N–H and O–H groups in total. The van der Waals surface area contributed by atoms with E-state index in [9.17, 15) is 4.79 Å². The highest BCUT2D eigenvalue weighted by Gasteiger charge is 2.13. The number of aromatic nitrogens is 3. The van der Waals surface area contributed by atoms with Gasteiger partial charge in [-0.25, -0.2) is 4.68 Å². The van der Waals surface area contributed by atoms with Gasteiger partial charge >= 0.3 is 0 Å². The van der Waals surface area contributed by atoms with E-state index in [0.29, 0.717) is 22.3 Å². The number of benzene rings is 1. The van der Waals surface area contributed by atoms with Crippen molar-refractivity contribution in [1.82, 2.24) is 14.8 Å². The number of nitriles is 1. The number of hydrogen-bond acceptors (Lipinski definition) is 5. The van der Waals surface area contributed by atoms with Crippen molar-refractivity contribution >= 4 is 16.7 Å². The Morgan fingerprint density at radius 3 is 2.90 bits per heavy atom. The summed E-state index contributed by atoms with van der Waals surface area (Å²) >= 11 is 0. The van der Waals surface area contributed by atoms with Crippen molar-refractivity contribution in [3.63, 3.8) is 0 Å². The summed E-state index contributed by atoms with van der Waals surface area (Å²) in [4.78, 5) is 14.5. The van der Waals surface area contributed by atoms with Crippen molar-refractivity contribution in [2.45, 2.75) is 0 Å². The summed E-state index contributed by atoms with van der Waals surface area (Å²) in [6.07, 6.45) is 1.36. The minimum absolute atomic E-state index is 0.187. The van der Waals surface area contributed by atoms with E-state index in [1.54, 1.807) is 25.3 Å². The van der Waals surface area contributed by atoms with Gasteiger partial charge in [-0.15, -0.1) is 0 Å². The fraction of sp³-hybridized carbons (Fsp3) is 0.0714. The largest absolute Gasteiger partial charge is 0.497 e. The minimum atomic E-state index is -0.281. The highest BCUT2D eigenvalue weighted by molar-refractivity contribution is 5.88. The van der Waals surface area contributed by atoms with Crippen LogP contribution in [-0.2, 0) is 0 Å². The van der Waals surface area contributed by atoms with Crippen LogP contribution in [-0.4, -0.2) is 21.9 Å². The third-order valence-corrected chi connectivity index (χ3v) is 3.18. The molecule has 0 saturated heterocycles. The van der Waals surface area contributed by atoms with E-state index in [0.717, 1.165) is 0 Å². The smallest absolute Gasteiger partial charge is 0.250 e. The van der Waals surface area contributed by atoms with Gasteiger partial charge in [0.2, 0.25) is 0 Å². The van der Waals surface area contributed by atoms with Crippen molar-refractivity contribution in [1.29, 1.82) is 5.26 Å². The number of nitrogens with two attached hydrogens (primary N) is 1. The first-order chi connectivity index (χ1) is 10.1. The van der Waals surface area contributed by atoms with E-state index in [4.69, 9.17) is 15.7 Å². The third kappa shape index (κ3) is 1.99. The number of hydrogen-bond donors (Lipinski definition) is 2. The van der Waals surface area contributed by atoms with Crippen molar-refractivity contribution in [3.05, 3.63) is 46.4 Å². The number of rotatable bonds is 2. The molecular weight excluding hydrogens is 270 g/mol. The third-order valence-electron chi connectivity index (χ3n) is 3.18. The molecule has 2 heterocycles. The first-order valence-electron chi connectivity index (χ1n) is 6.09. The van der Waals surface area contributed by atoms with Crippen LogP contribution in [0.25, 0.3) is 16.6 Å². The molecule has 0 fully saturated rings. The van der Waals surface area contributed by atoms with Gasteiger partial charge in [0.25, 0.3) is 5.56 Å². The molecule has 0 radical (unpaired) electrons. The molecule has 7 nitrogen and oxygen atoms in total. The number of anilines is 1. The minimum Gasteiger partial charge on any atom is -0.497 e. The monoisotopic (exact) mass is 281 g/mol. The Hall–Kier alpha value is -3.27. The van der Waals surface area contributed by atoms with Gasteiger partial charge in [-0.2, -0.15) is 10.4 Å². The molecule has 0 aliphatic rings. The lowest BCUT2D eigenvalue weighted by Crippen LogP contribution is -2.11. The Bertz CT molecular complexity index is 933. The van der Waals surface area contributed by atoms with Crippen molar-refractivity contribution < 1.29 is 4.74 Å². The molecule has 21 heavy (non-hydrogen) atoms. The zero-order valence-electron chi connectivity index (χ0n) is 11.1. The summed E-state index contributed by atoms with van der Waals surface area (Å²) in [5.41, 5.74) is 6.99. The summed E-state index contributed by atoms with van der Waals surface area (Å²) in [6.45, 7) is 0. The van der Waals surface area contributed by atoms with Crippen LogP contribution in [0.3, 0.4) is 0 Å². The number of nitrogens with one attached hydrogen (secondary N) is 1. The van der Waals surface area contributed by atoms with Gasteiger partial charge < -0.3 is 15.5 Å². The number of aromatic amines is 1. The van der Waals surface area contributed by atoms with Crippen LogP contribution in [0.4, 0.5) is 5.82 Å². The van der Waals surface area contributed by atoms with Gasteiger partial charge in [0.1, 0.15) is 23.2 Å². The van der Waals surface area contributed by atoms with Gasteiger partial charge in [0.15, 0.2) is 0 Å². The predicted octanol–water partition coefficient (Wildman–Crippen LogP) is 1.18. The van der Waals surface area contributed by atoms with Crippen LogP contribution in [0.5, 0.6) is 5.75 Å². The normalized spacial score (nSPS) is 10.5. The molecule has 0 bridgehead atoms. The molecule has 104 valence electrons. The Morgan fingerprint density at radius 1 is 1.43 bits per heavy atom. The maximum absolute atomic E-state index is 11.8. The van der Waals surface area contributed by atoms with Crippen LogP contribution in [0.1, 0.15) is 5.56 Å². The average Bonchev–Trinajstić information content (AvgIpc) is 2.86. The lowest BCUT2D eigenvalue weighted by Gasteiger charge is -2.09. The molecule has 0 aliphatic carbocycles. The fourth-order valence-electron chi connectivity index (χ4n) is 2.15. The molecule has 0 saturated carbocycles. The molecule has 1 aromatic carbocycles. The van der Waals surface area contributed by atoms with E-state index >= 15 is 0 Å². The number of H-pyrrole nitrogens is 1. The number of ether oxygens (including phenoxy) is 1. The van der Waals surface area contributed by atoms with E-state index in [1.165, 1.54) is 16.9 Å². The first kappa shape index (κ1) is 12.7. The van der Waals surface area contributed by atoms with Crippen molar-refractivity contribution in [3.8, 4) is 17.5 Å². The van der Waals surface area contributed by atoms with Crippen molar-refractivity contribution in [2.24, 2.45) is 0 Å². The second kappa shape index (κ2) is 4.68. The molecule has 3 rings (SSSR count). The van der Waals surface area contributed by atoms with Crippen LogP contribution in [0.15, 0.2) is 35.3 Å². The van der Waals surface area contributed by atoms with Crippen molar-refractivity contribution in [2.75, 3.05) is 12.8 Å². The zero-order chi connectivity index (χ0) is 15.0. The summed E-state index contributed by atoms with van der Waals surface area (Å²) in [6, 6.07) is 8.59. The van der Waals surface area contributed by atoms with E-state index in [1.807, 2.05) is 6.07 Å². The molecule has 0 aliphatic heterocycles. The molecule has 7 heteroatoms. The SMILES string of the molecule is COc1ccc2[nH]c(=O)cc(-n3ncc(C#N)c3N)c2c1. The van der Waals surface area contributed by atoms with Crippen LogP contribution >= 0.6 is 0 Å². The van der Waals surface area contributed by atoms with Gasteiger partial charge in [-0.3, -0.25) is 4.79 Å². The lowest BCUT2D eigenvalue weighted by molar-refractivity contribution is 0.415. The molecular formula is C14H11N5O2. The molecule has 0 unspecified atom stereocenters. The summed E-state index contributed by atoms with van der Waals surface area (Å²) in [7, 11) is 1.56. The van der Waals surface area contributed by atoms with Crippen LogP contribution in [0.2, 0.25) is 0 Å². The second-order valence-corrected chi connectivity index (χ2v) is 4.40. The van der Waals surface area contributed by atoms with Gasteiger partial charge in [0, 0.05) is 11.5 Å². The Balaban J connectivity index is 2.37. The van der Waals surface area contributed by atoms with Crippen LogP contribution < -0.4 is 16.0 Å². The maximum Gasteiger partial charge on any atom is 0.250 e. The molecule has 2 aromatic heterocycles. The number of pyridine rings is 1. The quantitative estimate of drug-likeness (QED) is 0.732. The number of methoxy groups -OCH3 is 1. The van der Waals surface area contributed by atoms with Gasteiger partial charge in [-0.1, -0.05) is 0 Å². The number of nitrogen functional groups attached to an aromatic ring is 1. The van der Waals surface area contributed by atoms with Gasteiger partial charge in [-0.05, 0) is 18.2 Å². The molecule has 0 atom stereocenters. The summed E-state index contributed by atoms with van der Waals surface area (Å²) in [5, 5.41) is 13.8. The maximum atomic E-state index is 11.8. The Kier molecular flexibility index (Phi) is 2.84. The molecule has 3 aromatic rings. The standard InChI is InChI=1S/C14H11N5O2/c1-21-9-2-3-11-10(4-9)12(5-13(20)18-11)19-14(16)8(6-15)7-17-19/h2-5,7H,16H2,1H3,(H,18,20). The van der Waals surface area contributed by atoms with E-state index < -0.39 is 0 Å². The molecule has 0 spiro atoms. The summed E-state index contributed by atoms with van der Waals surface area (Å²) in [5.74, 6) is 0.828. The highest BCUT2D eigenvalue weighted by atomic mass is 16.5. The molecule has 0 amide bonds. The number of nitrogens with zero attached hydrogens (tertiary/aromatic N) is 3. The summed E-state index contributed by atoms with van der Waals surface area (Å²) < 4.78 is 6.57. The zero-order valence-corrected chi connectivity index (χ0v) is 11.1. The lowest BCUT2D eigenvalue weighted by atomic mass is 10.1. The van der Waals surface area contributed by atoms with E-state index in [-0.39, 0.29) is 16.9 Å².